The minimum Gasteiger partial charge on any atom is -0.460 e. The van der Waals surface area contributed by atoms with Gasteiger partial charge in [0.05, 0.1) is 6.54 Å². The van der Waals surface area contributed by atoms with Crippen molar-refractivity contribution in [2.45, 2.75) is 25.9 Å². The van der Waals surface area contributed by atoms with Gasteiger partial charge in [-0.05, 0) is 63.3 Å². The SMILES string of the molecule is Cc1cc(F)ccc1-c1ccc(CN2CCC(N(C)C)C2)o1. The maximum atomic E-state index is 13.2. The van der Waals surface area contributed by atoms with Gasteiger partial charge in [0.25, 0.3) is 0 Å². The number of halogens is 1. The zero-order valence-electron chi connectivity index (χ0n) is 13.5. The van der Waals surface area contributed by atoms with Crippen LogP contribution < -0.4 is 0 Å². The zero-order valence-corrected chi connectivity index (χ0v) is 13.5. The molecule has 0 aliphatic carbocycles. The van der Waals surface area contributed by atoms with Crippen molar-refractivity contribution >= 4 is 0 Å². The predicted molar refractivity (Wildman–Crippen MR) is 86.2 cm³/mol. The van der Waals surface area contributed by atoms with Gasteiger partial charge in [0.15, 0.2) is 0 Å². The van der Waals surface area contributed by atoms with Crippen LogP contribution in [0.5, 0.6) is 0 Å². The second-order valence-electron chi connectivity index (χ2n) is 6.37. The van der Waals surface area contributed by atoms with Gasteiger partial charge in [-0.2, -0.15) is 0 Å². The molecule has 2 aromatic rings. The molecule has 1 fully saturated rings. The standard InChI is InChI=1S/C18H23FN2O/c1-13-10-14(19)4-6-17(13)18-7-5-16(22-18)12-21-9-8-15(11-21)20(2)3/h4-7,10,15H,8-9,11-12H2,1-3H3. The molecule has 0 amide bonds. The Morgan fingerprint density at radius 1 is 1.27 bits per heavy atom. The molecule has 0 radical (unpaired) electrons. The molecule has 1 aromatic carbocycles. The highest BCUT2D eigenvalue weighted by Gasteiger charge is 2.24. The molecule has 0 N–H and O–H groups in total. The highest BCUT2D eigenvalue weighted by atomic mass is 19.1. The monoisotopic (exact) mass is 302 g/mol. The van der Waals surface area contributed by atoms with Gasteiger partial charge in [0.1, 0.15) is 17.3 Å². The van der Waals surface area contributed by atoms with Gasteiger partial charge in [0.2, 0.25) is 0 Å². The molecule has 3 rings (SSSR count). The third-order valence-corrected chi connectivity index (χ3v) is 4.47. The van der Waals surface area contributed by atoms with Gasteiger partial charge in [-0.15, -0.1) is 0 Å². The topological polar surface area (TPSA) is 19.6 Å². The summed E-state index contributed by atoms with van der Waals surface area (Å²) in [6.07, 6.45) is 1.21. The molecule has 22 heavy (non-hydrogen) atoms. The number of benzene rings is 1. The molecule has 0 bridgehead atoms. The van der Waals surface area contributed by atoms with E-state index in [1.165, 1.54) is 12.5 Å². The highest BCUT2D eigenvalue weighted by molar-refractivity contribution is 5.62. The van der Waals surface area contributed by atoms with E-state index >= 15 is 0 Å². The maximum absolute atomic E-state index is 13.2. The number of aryl methyl sites for hydroxylation is 1. The fraction of sp³-hybridized carbons (Fsp3) is 0.444. The van der Waals surface area contributed by atoms with Crippen molar-refractivity contribution in [1.29, 1.82) is 0 Å². The third-order valence-electron chi connectivity index (χ3n) is 4.47. The summed E-state index contributed by atoms with van der Waals surface area (Å²) in [5.41, 5.74) is 1.86. The number of nitrogens with zero attached hydrogens (tertiary/aromatic N) is 2. The molecule has 0 spiro atoms. The van der Waals surface area contributed by atoms with Crippen molar-refractivity contribution in [3.63, 3.8) is 0 Å². The Morgan fingerprint density at radius 2 is 2.09 bits per heavy atom. The second kappa shape index (κ2) is 6.23. The minimum absolute atomic E-state index is 0.208. The quantitative estimate of drug-likeness (QED) is 0.861. The van der Waals surface area contributed by atoms with Crippen LogP contribution >= 0.6 is 0 Å². The van der Waals surface area contributed by atoms with Crippen LogP contribution in [-0.2, 0) is 6.54 Å². The van der Waals surface area contributed by atoms with Crippen molar-refractivity contribution < 1.29 is 8.81 Å². The fourth-order valence-electron chi connectivity index (χ4n) is 3.11. The average Bonchev–Trinajstić information content (AvgIpc) is 3.09. The lowest BCUT2D eigenvalue weighted by molar-refractivity contribution is 0.252. The molecule has 118 valence electrons. The van der Waals surface area contributed by atoms with Crippen LogP contribution in [0.4, 0.5) is 4.39 Å². The van der Waals surface area contributed by atoms with Crippen molar-refractivity contribution in [1.82, 2.24) is 9.80 Å². The Labute approximate surface area is 131 Å². The molecule has 1 aromatic heterocycles. The van der Waals surface area contributed by atoms with Gasteiger partial charge in [-0.1, -0.05) is 0 Å². The molecular formula is C18H23FN2O. The number of likely N-dealkylation sites (tertiary alicyclic amines) is 1. The van der Waals surface area contributed by atoms with Gasteiger partial charge in [-0.3, -0.25) is 4.90 Å². The summed E-state index contributed by atoms with van der Waals surface area (Å²) >= 11 is 0. The molecular weight excluding hydrogens is 279 g/mol. The largest absolute Gasteiger partial charge is 0.460 e. The smallest absolute Gasteiger partial charge is 0.134 e. The summed E-state index contributed by atoms with van der Waals surface area (Å²) in [5.74, 6) is 1.58. The Morgan fingerprint density at radius 3 is 2.77 bits per heavy atom. The highest BCUT2D eigenvalue weighted by Crippen LogP contribution is 2.27. The van der Waals surface area contributed by atoms with E-state index in [0.29, 0.717) is 6.04 Å². The minimum atomic E-state index is -0.208. The second-order valence-corrected chi connectivity index (χ2v) is 6.37. The van der Waals surface area contributed by atoms with Gasteiger partial charge in [-0.25, -0.2) is 4.39 Å². The van der Waals surface area contributed by atoms with Crippen molar-refractivity contribution in [2.24, 2.45) is 0 Å². The van der Waals surface area contributed by atoms with Crippen LogP contribution in [0, 0.1) is 12.7 Å². The van der Waals surface area contributed by atoms with E-state index in [-0.39, 0.29) is 5.82 Å². The summed E-state index contributed by atoms with van der Waals surface area (Å²) in [6.45, 7) is 4.93. The number of likely N-dealkylation sites (N-methyl/N-ethyl adjacent to an activating group) is 1. The van der Waals surface area contributed by atoms with Crippen LogP contribution in [0.3, 0.4) is 0 Å². The summed E-state index contributed by atoms with van der Waals surface area (Å²) in [7, 11) is 4.27. The number of hydrogen-bond donors (Lipinski definition) is 0. The summed E-state index contributed by atoms with van der Waals surface area (Å²) < 4.78 is 19.2. The molecule has 1 unspecified atom stereocenters. The normalized spacial score (nSPS) is 19.2. The molecule has 2 heterocycles. The summed E-state index contributed by atoms with van der Waals surface area (Å²) in [5, 5.41) is 0. The van der Waals surface area contributed by atoms with E-state index in [2.05, 4.69) is 23.9 Å². The van der Waals surface area contributed by atoms with Crippen molar-refractivity contribution in [3.8, 4) is 11.3 Å². The first-order chi connectivity index (χ1) is 10.5. The number of hydrogen-bond acceptors (Lipinski definition) is 3. The summed E-state index contributed by atoms with van der Waals surface area (Å²) in [6, 6.07) is 9.45. The molecule has 1 atom stereocenters. The Kier molecular flexibility index (Phi) is 4.32. The zero-order chi connectivity index (χ0) is 15.7. The van der Waals surface area contributed by atoms with Crippen LogP contribution in [0.15, 0.2) is 34.7 Å². The number of rotatable bonds is 4. The first-order valence-corrected chi connectivity index (χ1v) is 7.77. The van der Waals surface area contributed by atoms with Gasteiger partial charge < -0.3 is 9.32 Å². The first-order valence-electron chi connectivity index (χ1n) is 7.77. The van der Waals surface area contributed by atoms with Crippen LogP contribution in [0.25, 0.3) is 11.3 Å². The van der Waals surface area contributed by atoms with E-state index < -0.39 is 0 Å². The molecule has 0 saturated carbocycles. The summed E-state index contributed by atoms with van der Waals surface area (Å²) in [4.78, 5) is 4.71. The molecule has 1 saturated heterocycles. The van der Waals surface area contributed by atoms with Crippen LogP contribution in [-0.4, -0.2) is 43.0 Å². The van der Waals surface area contributed by atoms with E-state index in [1.807, 2.05) is 19.1 Å². The van der Waals surface area contributed by atoms with Crippen LogP contribution in [0.2, 0.25) is 0 Å². The van der Waals surface area contributed by atoms with E-state index in [9.17, 15) is 4.39 Å². The molecule has 3 nitrogen and oxygen atoms in total. The van der Waals surface area contributed by atoms with Crippen molar-refractivity contribution in [3.05, 3.63) is 47.5 Å². The Balaban J connectivity index is 1.69. The average molecular weight is 302 g/mol. The lowest BCUT2D eigenvalue weighted by Gasteiger charge is -2.19. The van der Waals surface area contributed by atoms with Crippen LogP contribution in [0.1, 0.15) is 17.7 Å². The number of furan rings is 1. The Bertz CT molecular complexity index is 650. The maximum Gasteiger partial charge on any atom is 0.134 e. The lowest BCUT2D eigenvalue weighted by Crippen LogP contribution is -2.31. The lowest BCUT2D eigenvalue weighted by atomic mass is 10.1. The molecule has 4 heteroatoms. The molecule has 1 aliphatic rings. The van der Waals surface area contributed by atoms with E-state index in [1.54, 1.807) is 12.1 Å². The Hall–Kier alpha value is -1.65. The first kappa shape index (κ1) is 15.3. The fourth-order valence-corrected chi connectivity index (χ4v) is 3.11. The predicted octanol–water partition coefficient (Wildman–Crippen LogP) is 3.53. The van der Waals surface area contributed by atoms with E-state index in [0.717, 1.165) is 42.3 Å². The van der Waals surface area contributed by atoms with E-state index in [4.69, 9.17) is 4.42 Å². The van der Waals surface area contributed by atoms with Crippen molar-refractivity contribution in [2.75, 3.05) is 27.2 Å². The molecule has 1 aliphatic heterocycles. The third kappa shape index (κ3) is 3.23. The van der Waals surface area contributed by atoms with Gasteiger partial charge in [0, 0.05) is 24.7 Å². The van der Waals surface area contributed by atoms with Gasteiger partial charge >= 0.3 is 0 Å².